The van der Waals surface area contributed by atoms with Crippen molar-refractivity contribution in [3.63, 3.8) is 0 Å². The van der Waals surface area contributed by atoms with Gasteiger partial charge in [0.2, 0.25) is 0 Å². The normalized spacial score (nSPS) is 23.5. The lowest BCUT2D eigenvalue weighted by molar-refractivity contribution is 0.565. The summed E-state index contributed by atoms with van der Waals surface area (Å²) >= 11 is 1.32. The van der Waals surface area contributed by atoms with Gasteiger partial charge in [-0.15, -0.1) is 0 Å². The minimum atomic E-state index is 1.03. The van der Waals surface area contributed by atoms with Gasteiger partial charge in [0, 0.05) is 18.7 Å². The topological polar surface area (TPSA) is 29.3 Å². The smallest absolute Gasteiger partial charge is 0.0308 e. The molecule has 0 aliphatic heterocycles. The molecule has 0 saturated heterocycles. The van der Waals surface area contributed by atoms with Gasteiger partial charge in [-0.25, -0.2) is 4.31 Å². The lowest BCUT2D eigenvalue weighted by Crippen LogP contribution is -2.15. The molecule has 76 valence electrons. The predicted octanol–water partition coefficient (Wildman–Crippen LogP) is 2.72. The summed E-state index contributed by atoms with van der Waals surface area (Å²) < 4.78 is 2.09. The molecule has 0 atom stereocenters. The quantitative estimate of drug-likeness (QED) is 0.561. The standard InChI is InChI=1S/C10H20N2S/c1-12(13-11)9-10-7-5-3-2-4-6-8-10/h7H,2-6,8-9,11H2,1H3/b10-7-. The number of likely N-dealkylation sites (N-methyl/N-ethyl adjacent to an activating group) is 1. The number of hydrogen-bond donors (Lipinski definition) is 1. The molecule has 0 aromatic rings. The van der Waals surface area contributed by atoms with Gasteiger partial charge < -0.3 is 0 Å². The van der Waals surface area contributed by atoms with Crippen molar-refractivity contribution in [2.75, 3.05) is 13.6 Å². The minimum Gasteiger partial charge on any atom is -0.264 e. The Bertz CT molecular complexity index is 168. The minimum absolute atomic E-state index is 1.03. The third-order valence-corrected chi connectivity index (χ3v) is 2.98. The Morgan fingerprint density at radius 1 is 1.38 bits per heavy atom. The molecule has 0 radical (unpaired) electrons. The molecule has 2 N–H and O–H groups in total. The molecule has 0 fully saturated rings. The van der Waals surface area contributed by atoms with E-state index in [0.29, 0.717) is 0 Å². The highest BCUT2D eigenvalue weighted by molar-refractivity contribution is 7.94. The van der Waals surface area contributed by atoms with Crippen molar-refractivity contribution >= 4 is 12.1 Å². The molecule has 13 heavy (non-hydrogen) atoms. The fraction of sp³-hybridized carbons (Fsp3) is 0.800. The predicted molar refractivity (Wildman–Crippen MR) is 60.2 cm³/mol. The first-order chi connectivity index (χ1) is 6.33. The zero-order valence-electron chi connectivity index (χ0n) is 8.46. The van der Waals surface area contributed by atoms with E-state index >= 15 is 0 Å². The van der Waals surface area contributed by atoms with Crippen LogP contribution in [0.1, 0.15) is 38.5 Å². The van der Waals surface area contributed by atoms with Crippen LogP contribution in [-0.2, 0) is 0 Å². The fourth-order valence-electron chi connectivity index (χ4n) is 1.73. The lowest BCUT2D eigenvalue weighted by atomic mass is 10.0. The first-order valence-electron chi connectivity index (χ1n) is 5.09. The largest absolute Gasteiger partial charge is 0.264 e. The maximum atomic E-state index is 5.47. The highest BCUT2D eigenvalue weighted by atomic mass is 32.2. The molecule has 0 aromatic heterocycles. The van der Waals surface area contributed by atoms with Crippen LogP contribution in [0.15, 0.2) is 11.6 Å². The zero-order chi connectivity index (χ0) is 9.52. The summed E-state index contributed by atoms with van der Waals surface area (Å²) in [5.41, 5.74) is 1.57. The van der Waals surface area contributed by atoms with Crippen molar-refractivity contribution < 1.29 is 0 Å². The van der Waals surface area contributed by atoms with E-state index in [0.717, 1.165) is 6.54 Å². The van der Waals surface area contributed by atoms with Crippen LogP contribution >= 0.6 is 12.1 Å². The Morgan fingerprint density at radius 3 is 2.92 bits per heavy atom. The number of allylic oxidation sites excluding steroid dienone is 1. The van der Waals surface area contributed by atoms with E-state index in [1.165, 1.54) is 50.7 Å². The van der Waals surface area contributed by atoms with E-state index in [9.17, 15) is 0 Å². The maximum absolute atomic E-state index is 5.47. The van der Waals surface area contributed by atoms with E-state index in [1.54, 1.807) is 5.57 Å². The first kappa shape index (κ1) is 11.1. The van der Waals surface area contributed by atoms with Gasteiger partial charge in [-0.05, 0) is 32.7 Å². The van der Waals surface area contributed by atoms with Crippen LogP contribution in [0.3, 0.4) is 0 Å². The molecular weight excluding hydrogens is 180 g/mol. The summed E-state index contributed by atoms with van der Waals surface area (Å²) in [4.78, 5) is 0. The van der Waals surface area contributed by atoms with Crippen LogP contribution in [0.5, 0.6) is 0 Å². The summed E-state index contributed by atoms with van der Waals surface area (Å²) in [6, 6.07) is 0. The number of hydrogen-bond acceptors (Lipinski definition) is 3. The van der Waals surface area contributed by atoms with Crippen LogP contribution in [0.4, 0.5) is 0 Å². The van der Waals surface area contributed by atoms with Crippen molar-refractivity contribution in [2.24, 2.45) is 5.14 Å². The van der Waals surface area contributed by atoms with E-state index in [4.69, 9.17) is 5.14 Å². The second-order valence-electron chi connectivity index (χ2n) is 3.71. The number of nitrogens with zero attached hydrogens (tertiary/aromatic N) is 1. The van der Waals surface area contributed by atoms with Crippen molar-refractivity contribution in [1.29, 1.82) is 0 Å². The summed E-state index contributed by atoms with van der Waals surface area (Å²) in [7, 11) is 2.05. The van der Waals surface area contributed by atoms with Gasteiger partial charge in [0.1, 0.15) is 0 Å². The molecule has 0 bridgehead atoms. The first-order valence-corrected chi connectivity index (χ1v) is 5.92. The molecule has 0 heterocycles. The van der Waals surface area contributed by atoms with Crippen molar-refractivity contribution in [3.05, 3.63) is 11.6 Å². The molecule has 2 nitrogen and oxygen atoms in total. The van der Waals surface area contributed by atoms with E-state index in [2.05, 4.69) is 10.4 Å². The molecule has 0 spiro atoms. The molecule has 3 heteroatoms. The van der Waals surface area contributed by atoms with E-state index < -0.39 is 0 Å². The van der Waals surface area contributed by atoms with Crippen LogP contribution < -0.4 is 5.14 Å². The number of rotatable bonds is 3. The molecule has 0 aromatic carbocycles. The fourth-order valence-corrected chi connectivity index (χ4v) is 1.97. The van der Waals surface area contributed by atoms with Crippen LogP contribution in [0.25, 0.3) is 0 Å². The van der Waals surface area contributed by atoms with Gasteiger partial charge in [0.15, 0.2) is 0 Å². The Kier molecular flexibility index (Phi) is 5.51. The van der Waals surface area contributed by atoms with Gasteiger partial charge in [-0.3, -0.25) is 5.14 Å². The average Bonchev–Trinajstić information content (AvgIpc) is 2.09. The third kappa shape index (κ3) is 4.69. The molecule has 0 unspecified atom stereocenters. The summed E-state index contributed by atoms with van der Waals surface area (Å²) in [5.74, 6) is 0. The number of nitrogens with two attached hydrogens (primary N) is 1. The molecule has 0 amide bonds. The zero-order valence-corrected chi connectivity index (χ0v) is 9.28. The Hall–Kier alpha value is 0.01000. The molecule has 1 aliphatic carbocycles. The van der Waals surface area contributed by atoms with Crippen molar-refractivity contribution in [2.45, 2.75) is 38.5 Å². The van der Waals surface area contributed by atoms with E-state index in [-0.39, 0.29) is 0 Å². The van der Waals surface area contributed by atoms with Gasteiger partial charge in [0.05, 0.1) is 0 Å². The van der Waals surface area contributed by atoms with Gasteiger partial charge >= 0.3 is 0 Å². The van der Waals surface area contributed by atoms with Gasteiger partial charge in [-0.2, -0.15) is 0 Å². The molecule has 1 rings (SSSR count). The van der Waals surface area contributed by atoms with Gasteiger partial charge in [-0.1, -0.05) is 24.5 Å². The summed E-state index contributed by atoms with van der Waals surface area (Å²) in [5, 5.41) is 5.47. The van der Waals surface area contributed by atoms with Crippen molar-refractivity contribution in [1.82, 2.24) is 4.31 Å². The highest BCUT2D eigenvalue weighted by Crippen LogP contribution is 2.18. The summed E-state index contributed by atoms with van der Waals surface area (Å²) in [6.07, 6.45) is 10.5. The Morgan fingerprint density at radius 2 is 2.15 bits per heavy atom. The highest BCUT2D eigenvalue weighted by Gasteiger charge is 2.04. The molecule has 1 aliphatic rings. The Balaban J connectivity index is 2.35. The molecular formula is C10H20N2S. The third-order valence-electron chi connectivity index (χ3n) is 2.49. The maximum Gasteiger partial charge on any atom is 0.0308 e. The monoisotopic (exact) mass is 200 g/mol. The van der Waals surface area contributed by atoms with E-state index in [1.807, 2.05) is 7.05 Å². The second kappa shape index (κ2) is 6.46. The summed E-state index contributed by atoms with van der Waals surface area (Å²) in [6.45, 7) is 1.03. The average molecular weight is 200 g/mol. The van der Waals surface area contributed by atoms with Crippen LogP contribution in [-0.4, -0.2) is 17.9 Å². The molecule has 0 saturated carbocycles. The van der Waals surface area contributed by atoms with Crippen LogP contribution in [0.2, 0.25) is 0 Å². The van der Waals surface area contributed by atoms with Crippen molar-refractivity contribution in [3.8, 4) is 0 Å². The Labute approximate surface area is 85.8 Å². The van der Waals surface area contributed by atoms with Gasteiger partial charge in [0.25, 0.3) is 0 Å². The SMILES string of the molecule is CN(C/C1=C\CCCCCC1)SN. The second-order valence-corrected chi connectivity index (χ2v) is 4.54. The van der Waals surface area contributed by atoms with Crippen LogP contribution in [0, 0.1) is 0 Å². The lowest BCUT2D eigenvalue weighted by Gasteiger charge is -2.16.